The van der Waals surface area contributed by atoms with E-state index in [0.29, 0.717) is 0 Å². The molecule has 0 N–H and O–H groups in total. The second-order valence-corrected chi connectivity index (χ2v) is 3.96. The molecule has 2 heteroatoms. The van der Waals surface area contributed by atoms with E-state index in [2.05, 4.69) is 36.0 Å². The summed E-state index contributed by atoms with van der Waals surface area (Å²) in [5.74, 6) is 0. The first-order valence-electron chi connectivity index (χ1n) is 4.01. The van der Waals surface area contributed by atoms with E-state index in [4.69, 9.17) is 0 Å². The predicted molar refractivity (Wildman–Crippen MR) is 49.3 cm³/mol. The molecule has 0 bridgehead atoms. The number of aromatic nitrogens is 1. The Labute approximate surface area is 88.0 Å². The summed E-state index contributed by atoms with van der Waals surface area (Å²) in [6.07, 6.45) is 1.82. The normalized spacial score (nSPS) is 10.0. The Bertz CT molecular complexity index is 398. The molecular formula is C11H8IrN. The average Bonchev–Trinajstić information content (AvgIpc) is 2.20. The Balaban J connectivity index is 2.54. The zero-order chi connectivity index (χ0) is 9.10. The van der Waals surface area contributed by atoms with Crippen LogP contribution in [-0.2, 0) is 18.9 Å². The van der Waals surface area contributed by atoms with Crippen molar-refractivity contribution in [3.05, 3.63) is 48.7 Å². The van der Waals surface area contributed by atoms with Crippen LogP contribution in [0.4, 0.5) is 0 Å². The molecule has 0 atom stereocenters. The third-order valence-electron chi connectivity index (χ3n) is 1.80. The Morgan fingerprint density at radius 1 is 0.923 bits per heavy atom. The number of pyridine rings is 1. The topological polar surface area (TPSA) is 12.9 Å². The molecule has 0 radical (unpaired) electrons. The third-order valence-corrected chi connectivity index (χ3v) is 2.84. The van der Waals surface area contributed by atoms with Crippen LogP contribution in [0.25, 0.3) is 11.3 Å². The van der Waals surface area contributed by atoms with Crippen molar-refractivity contribution >= 4 is 4.08 Å². The molecule has 1 aromatic heterocycles. The van der Waals surface area contributed by atoms with Gasteiger partial charge in [-0.2, -0.15) is 0 Å². The Hall–Kier alpha value is -0.981. The number of rotatable bonds is 1. The number of hydrogen-bond acceptors (Lipinski definition) is 1. The van der Waals surface area contributed by atoms with Crippen molar-refractivity contribution in [3.63, 3.8) is 0 Å². The van der Waals surface area contributed by atoms with E-state index in [1.165, 1.54) is 9.64 Å². The van der Waals surface area contributed by atoms with Crippen molar-refractivity contribution < 1.29 is 18.9 Å². The Morgan fingerprint density at radius 2 is 1.69 bits per heavy atom. The van der Waals surface area contributed by atoms with Crippen molar-refractivity contribution in [2.75, 3.05) is 0 Å². The van der Waals surface area contributed by atoms with Gasteiger partial charge in [-0.3, -0.25) is 0 Å². The van der Waals surface area contributed by atoms with Gasteiger partial charge in [0.1, 0.15) is 0 Å². The van der Waals surface area contributed by atoms with Crippen LogP contribution in [0.15, 0.2) is 48.7 Å². The van der Waals surface area contributed by atoms with Crippen LogP contribution in [0, 0.1) is 0 Å². The molecule has 13 heavy (non-hydrogen) atoms. The molecule has 0 aliphatic carbocycles. The summed E-state index contributed by atoms with van der Waals surface area (Å²) in [5, 5.41) is 0. The fraction of sp³-hybridized carbons (Fsp3) is 0. The van der Waals surface area contributed by atoms with Crippen LogP contribution < -0.4 is 4.08 Å². The minimum absolute atomic E-state index is 1.04. The van der Waals surface area contributed by atoms with Crippen LogP contribution >= 0.6 is 0 Å². The standard InChI is InChI=1S/C11H8N.Ir/c1-2-6-10(7-3-1)11-8-4-5-9-12-11;/h1-6,8-9H;. The molecule has 0 amide bonds. The molecule has 0 aliphatic rings. The summed E-state index contributed by atoms with van der Waals surface area (Å²) in [4.78, 5) is 4.31. The predicted octanol–water partition coefficient (Wildman–Crippen LogP) is 1.92. The van der Waals surface area contributed by atoms with E-state index in [9.17, 15) is 0 Å². The van der Waals surface area contributed by atoms with E-state index in [1.807, 2.05) is 36.5 Å². The first-order valence-corrected chi connectivity index (χ1v) is 5.21. The minimum atomic E-state index is 1.04. The summed E-state index contributed by atoms with van der Waals surface area (Å²) >= 11 is 2.10. The van der Waals surface area contributed by atoms with Gasteiger partial charge in [-0.25, -0.2) is 0 Å². The molecule has 1 aromatic carbocycles. The van der Waals surface area contributed by atoms with Crippen LogP contribution in [0.5, 0.6) is 0 Å². The number of hydrogen-bond donors (Lipinski definition) is 0. The van der Waals surface area contributed by atoms with E-state index >= 15 is 0 Å². The van der Waals surface area contributed by atoms with Crippen LogP contribution in [0.2, 0.25) is 0 Å². The summed E-state index contributed by atoms with van der Waals surface area (Å²) in [6, 6.07) is 14.2. The van der Waals surface area contributed by atoms with Gasteiger partial charge in [-0.05, 0) is 0 Å². The number of nitrogens with zero attached hydrogens (tertiary/aromatic N) is 1. The molecule has 0 saturated carbocycles. The molecule has 0 unspecified atom stereocenters. The van der Waals surface area contributed by atoms with Crippen molar-refractivity contribution in [2.24, 2.45) is 0 Å². The molecule has 66 valence electrons. The van der Waals surface area contributed by atoms with Gasteiger partial charge in [0.05, 0.1) is 0 Å². The maximum atomic E-state index is 4.31. The zero-order valence-electron chi connectivity index (χ0n) is 6.90. The van der Waals surface area contributed by atoms with Gasteiger partial charge in [0.15, 0.2) is 0 Å². The SMILES string of the molecule is [Ir][c]1ccccc1-c1ccccn1. The van der Waals surface area contributed by atoms with Crippen LogP contribution in [0.3, 0.4) is 0 Å². The quantitative estimate of drug-likeness (QED) is 0.769. The molecular weight excluding hydrogens is 338 g/mol. The third kappa shape index (κ3) is 1.85. The molecule has 1 nitrogen and oxygen atoms in total. The first-order chi connectivity index (χ1) is 6.38. The second-order valence-electron chi connectivity index (χ2n) is 2.67. The first kappa shape index (κ1) is 8.61. The maximum absolute atomic E-state index is 4.31. The monoisotopic (exact) mass is 347 g/mol. The molecule has 1 heterocycles. The van der Waals surface area contributed by atoms with Gasteiger partial charge in [-0.15, -0.1) is 0 Å². The summed E-state index contributed by atoms with van der Waals surface area (Å²) < 4.78 is 1.27. The Morgan fingerprint density at radius 3 is 2.38 bits per heavy atom. The van der Waals surface area contributed by atoms with Crippen LogP contribution in [0.1, 0.15) is 0 Å². The van der Waals surface area contributed by atoms with Crippen LogP contribution in [-0.4, -0.2) is 4.98 Å². The molecule has 0 spiro atoms. The van der Waals surface area contributed by atoms with Gasteiger partial charge in [0.2, 0.25) is 0 Å². The molecule has 2 aromatic rings. The van der Waals surface area contributed by atoms with Gasteiger partial charge in [-0.1, -0.05) is 0 Å². The van der Waals surface area contributed by atoms with Gasteiger partial charge < -0.3 is 0 Å². The van der Waals surface area contributed by atoms with Gasteiger partial charge >= 0.3 is 87.9 Å². The molecule has 2 rings (SSSR count). The van der Waals surface area contributed by atoms with E-state index in [1.54, 1.807) is 0 Å². The number of benzene rings is 1. The van der Waals surface area contributed by atoms with Crippen molar-refractivity contribution in [1.29, 1.82) is 0 Å². The fourth-order valence-electron chi connectivity index (χ4n) is 1.18. The fourth-order valence-corrected chi connectivity index (χ4v) is 1.91. The van der Waals surface area contributed by atoms with Crippen molar-refractivity contribution in [3.8, 4) is 11.3 Å². The second kappa shape index (κ2) is 3.82. The van der Waals surface area contributed by atoms with Gasteiger partial charge in [0, 0.05) is 0 Å². The van der Waals surface area contributed by atoms with E-state index < -0.39 is 0 Å². The van der Waals surface area contributed by atoms with Crippen molar-refractivity contribution in [1.82, 2.24) is 4.98 Å². The molecule has 0 aliphatic heterocycles. The summed E-state index contributed by atoms with van der Waals surface area (Å²) in [5.41, 5.74) is 2.25. The van der Waals surface area contributed by atoms with Crippen molar-refractivity contribution in [2.45, 2.75) is 0 Å². The Kier molecular flexibility index (Phi) is 2.53. The van der Waals surface area contributed by atoms with Gasteiger partial charge in [0.25, 0.3) is 0 Å². The average molecular weight is 346 g/mol. The van der Waals surface area contributed by atoms with E-state index in [-0.39, 0.29) is 0 Å². The summed E-state index contributed by atoms with van der Waals surface area (Å²) in [6.45, 7) is 0. The molecule has 0 saturated heterocycles. The zero-order valence-corrected chi connectivity index (χ0v) is 9.29. The summed E-state index contributed by atoms with van der Waals surface area (Å²) in [7, 11) is 0. The van der Waals surface area contributed by atoms with E-state index in [0.717, 1.165) is 5.69 Å². The molecule has 0 fully saturated rings.